The fraction of sp³-hybridized carbons (Fsp3) is 0.409. The van der Waals surface area contributed by atoms with Gasteiger partial charge in [0.25, 0.3) is 0 Å². The van der Waals surface area contributed by atoms with E-state index in [4.69, 9.17) is 0 Å². The smallest absolute Gasteiger partial charge is 0.228 e. The lowest BCUT2D eigenvalue weighted by molar-refractivity contribution is -0.121. The summed E-state index contributed by atoms with van der Waals surface area (Å²) >= 11 is 0. The number of carbonyl (C=O) groups is 1. The van der Waals surface area contributed by atoms with Crippen LogP contribution in [0.2, 0.25) is 0 Å². The fourth-order valence-electron chi connectivity index (χ4n) is 3.50. The Labute approximate surface area is 156 Å². The van der Waals surface area contributed by atoms with Gasteiger partial charge in [-0.15, -0.1) is 0 Å². The Morgan fingerprint density at radius 3 is 2.77 bits per heavy atom. The van der Waals surface area contributed by atoms with Crippen LogP contribution in [0, 0.1) is 5.92 Å². The summed E-state index contributed by atoms with van der Waals surface area (Å²) < 4.78 is 0. The van der Waals surface area contributed by atoms with Crippen molar-refractivity contribution in [2.75, 3.05) is 36.9 Å². The Bertz CT molecular complexity index is 716. The average molecular weight is 351 g/mol. The molecule has 0 bridgehead atoms. The number of anilines is 2. The van der Waals surface area contributed by atoms with Crippen LogP contribution in [0.25, 0.3) is 0 Å². The maximum Gasteiger partial charge on any atom is 0.228 e. The molecule has 2 aromatic rings. The third-order valence-electron chi connectivity index (χ3n) is 5.15. The summed E-state index contributed by atoms with van der Waals surface area (Å²) in [7, 11) is 2.06. The summed E-state index contributed by atoms with van der Waals surface area (Å²) in [5.74, 6) is 0.194. The highest BCUT2D eigenvalue weighted by molar-refractivity contribution is 5.93. The molecule has 3 rings (SSSR count). The van der Waals surface area contributed by atoms with Gasteiger partial charge in [-0.1, -0.05) is 36.4 Å². The molecule has 0 saturated carbocycles. The van der Waals surface area contributed by atoms with Crippen molar-refractivity contribution in [3.05, 3.63) is 60.2 Å². The van der Waals surface area contributed by atoms with Crippen molar-refractivity contribution < 1.29 is 4.79 Å². The molecule has 1 aliphatic rings. The molecule has 0 spiro atoms. The molecule has 26 heavy (non-hydrogen) atoms. The zero-order valence-corrected chi connectivity index (χ0v) is 15.8. The summed E-state index contributed by atoms with van der Waals surface area (Å²) in [6, 6.07) is 18.6. The van der Waals surface area contributed by atoms with Crippen molar-refractivity contribution in [3.8, 4) is 0 Å². The second kappa shape index (κ2) is 8.86. The zero-order chi connectivity index (χ0) is 18.4. The molecule has 0 aliphatic carbocycles. The van der Waals surface area contributed by atoms with E-state index in [9.17, 15) is 4.79 Å². The van der Waals surface area contributed by atoms with E-state index < -0.39 is 0 Å². The highest BCUT2D eigenvalue weighted by Crippen LogP contribution is 2.22. The van der Waals surface area contributed by atoms with Gasteiger partial charge in [-0.3, -0.25) is 9.69 Å². The topological polar surface area (TPSA) is 35.6 Å². The number of rotatable bonds is 6. The molecule has 1 N–H and O–H groups in total. The van der Waals surface area contributed by atoms with Gasteiger partial charge >= 0.3 is 0 Å². The van der Waals surface area contributed by atoms with E-state index in [1.54, 1.807) is 0 Å². The van der Waals surface area contributed by atoms with Crippen LogP contribution < -0.4 is 10.2 Å². The first-order valence-electron chi connectivity index (χ1n) is 9.54. The maximum atomic E-state index is 12.8. The summed E-state index contributed by atoms with van der Waals surface area (Å²) in [5.41, 5.74) is 3.32. The molecule has 1 amide bonds. The Kier molecular flexibility index (Phi) is 6.29. The van der Waals surface area contributed by atoms with Gasteiger partial charge in [0.05, 0.1) is 5.92 Å². The van der Waals surface area contributed by atoms with Gasteiger partial charge in [0.2, 0.25) is 5.91 Å². The minimum atomic E-state index is 0.0556. The van der Waals surface area contributed by atoms with Gasteiger partial charge in [-0.05, 0) is 50.1 Å². The maximum absolute atomic E-state index is 12.8. The van der Waals surface area contributed by atoms with Crippen LogP contribution in [0.1, 0.15) is 25.3 Å². The van der Waals surface area contributed by atoms with E-state index in [0.29, 0.717) is 0 Å². The molecular formula is C22H29N3O. The largest absolute Gasteiger partial charge is 0.375 e. The van der Waals surface area contributed by atoms with Gasteiger partial charge in [-0.25, -0.2) is 0 Å². The van der Waals surface area contributed by atoms with Crippen molar-refractivity contribution in [3.63, 3.8) is 0 Å². The molecule has 0 aromatic heterocycles. The minimum Gasteiger partial charge on any atom is -0.375 e. The van der Waals surface area contributed by atoms with Crippen LogP contribution in [-0.2, 0) is 11.3 Å². The molecule has 1 aliphatic heterocycles. The molecule has 2 aromatic carbocycles. The van der Waals surface area contributed by atoms with E-state index >= 15 is 0 Å². The third kappa shape index (κ3) is 4.85. The Balaban J connectivity index is 1.59. The average Bonchev–Trinajstić information content (AvgIpc) is 2.68. The number of likely N-dealkylation sites (tertiary alicyclic amines) is 1. The molecule has 1 fully saturated rings. The minimum absolute atomic E-state index is 0.0556. The van der Waals surface area contributed by atoms with Crippen LogP contribution in [0.5, 0.6) is 0 Å². The SMILES string of the molecule is CCN(C)c1cccc(NC(=O)C2CCCN(Cc3ccccc3)C2)c1. The fourth-order valence-corrected chi connectivity index (χ4v) is 3.50. The Hall–Kier alpha value is -2.33. The van der Waals surface area contributed by atoms with Crippen LogP contribution in [0.15, 0.2) is 54.6 Å². The van der Waals surface area contributed by atoms with Crippen molar-refractivity contribution in [2.24, 2.45) is 5.92 Å². The molecule has 0 radical (unpaired) electrons. The Morgan fingerprint density at radius 2 is 2.00 bits per heavy atom. The predicted molar refractivity (Wildman–Crippen MR) is 108 cm³/mol. The number of amides is 1. The summed E-state index contributed by atoms with van der Waals surface area (Å²) in [4.78, 5) is 17.3. The van der Waals surface area contributed by atoms with E-state index in [-0.39, 0.29) is 11.8 Å². The summed E-state index contributed by atoms with van der Waals surface area (Å²) in [6.45, 7) is 5.87. The lowest BCUT2D eigenvalue weighted by Gasteiger charge is -2.32. The number of hydrogen-bond donors (Lipinski definition) is 1. The van der Waals surface area contributed by atoms with Crippen LogP contribution in [-0.4, -0.2) is 37.5 Å². The first-order valence-corrected chi connectivity index (χ1v) is 9.54. The van der Waals surface area contributed by atoms with E-state index in [2.05, 4.69) is 59.4 Å². The van der Waals surface area contributed by atoms with Gasteiger partial charge in [0.1, 0.15) is 0 Å². The normalized spacial score (nSPS) is 17.7. The number of piperidine rings is 1. The number of hydrogen-bond acceptors (Lipinski definition) is 3. The first kappa shape index (κ1) is 18.5. The predicted octanol–water partition coefficient (Wildman–Crippen LogP) is 3.99. The molecule has 4 heteroatoms. The van der Waals surface area contributed by atoms with Crippen LogP contribution in [0.3, 0.4) is 0 Å². The van der Waals surface area contributed by atoms with Gasteiger partial charge in [0.15, 0.2) is 0 Å². The molecule has 1 saturated heterocycles. The second-order valence-corrected chi connectivity index (χ2v) is 7.11. The summed E-state index contributed by atoms with van der Waals surface area (Å²) in [6.07, 6.45) is 2.04. The van der Waals surface area contributed by atoms with Crippen molar-refractivity contribution in [1.29, 1.82) is 0 Å². The van der Waals surface area contributed by atoms with E-state index in [1.807, 2.05) is 24.3 Å². The zero-order valence-electron chi connectivity index (χ0n) is 15.8. The van der Waals surface area contributed by atoms with Gasteiger partial charge < -0.3 is 10.2 Å². The molecule has 1 atom stereocenters. The van der Waals surface area contributed by atoms with Crippen molar-refractivity contribution >= 4 is 17.3 Å². The van der Waals surface area contributed by atoms with Gasteiger partial charge in [-0.2, -0.15) is 0 Å². The molecule has 1 unspecified atom stereocenters. The first-order chi connectivity index (χ1) is 12.7. The summed E-state index contributed by atoms with van der Waals surface area (Å²) in [5, 5.41) is 3.12. The van der Waals surface area contributed by atoms with Crippen LogP contribution >= 0.6 is 0 Å². The molecule has 1 heterocycles. The van der Waals surface area contributed by atoms with Crippen LogP contribution in [0.4, 0.5) is 11.4 Å². The van der Waals surface area contributed by atoms with Crippen molar-refractivity contribution in [1.82, 2.24) is 4.90 Å². The quantitative estimate of drug-likeness (QED) is 0.855. The number of nitrogens with zero attached hydrogens (tertiary/aromatic N) is 2. The lowest BCUT2D eigenvalue weighted by atomic mass is 9.96. The number of benzene rings is 2. The molecule has 4 nitrogen and oxygen atoms in total. The highest BCUT2D eigenvalue weighted by atomic mass is 16.1. The lowest BCUT2D eigenvalue weighted by Crippen LogP contribution is -2.40. The van der Waals surface area contributed by atoms with Gasteiger partial charge in [0, 0.05) is 38.1 Å². The standard InChI is InChI=1S/C22H29N3O/c1-3-24(2)21-13-7-12-20(15-21)23-22(26)19-11-8-14-25(17-19)16-18-9-5-4-6-10-18/h4-7,9-10,12-13,15,19H,3,8,11,14,16-17H2,1-2H3,(H,23,26). The Morgan fingerprint density at radius 1 is 1.19 bits per heavy atom. The molecular weight excluding hydrogens is 322 g/mol. The van der Waals surface area contributed by atoms with E-state index in [0.717, 1.165) is 50.4 Å². The van der Waals surface area contributed by atoms with E-state index in [1.165, 1.54) is 5.56 Å². The second-order valence-electron chi connectivity index (χ2n) is 7.11. The third-order valence-corrected chi connectivity index (χ3v) is 5.15. The highest BCUT2D eigenvalue weighted by Gasteiger charge is 2.25. The monoisotopic (exact) mass is 351 g/mol. The van der Waals surface area contributed by atoms with Crippen molar-refractivity contribution in [2.45, 2.75) is 26.3 Å². The molecule has 138 valence electrons. The number of carbonyl (C=O) groups excluding carboxylic acids is 1. The number of nitrogens with one attached hydrogen (secondary N) is 1.